The predicted octanol–water partition coefficient (Wildman–Crippen LogP) is 1.47. The lowest BCUT2D eigenvalue weighted by Gasteiger charge is -2.35. The first-order valence-corrected chi connectivity index (χ1v) is 5.90. The van der Waals surface area contributed by atoms with E-state index < -0.39 is 28.6 Å². The van der Waals surface area contributed by atoms with Crippen molar-refractivity contribution in [3.05, 3.63) is 0 Å². The number of carboxylic acids is 1. The van der Waals surface area contributed by atoms with Crippen molar-refractivity contribution < 1.29 is 24.2 Å². The van der Waals surface area contributed by atoms with E-state index in [2.05, 4.69) is 0 Å². The van der Waals surface area contributed by atoms with Crippen LogP contribution < -0.4 is 0 Å². The Bertz CT molecular complexity index is 309. The molecule has 0 bridgehead atoms. The van der Waals surface area contributed by atoms with Gasteiger partial charge in [0.15, 0.2) is 0 Å². The van der Waals surface area contributed by atoms with Crippen molar-refractivity contribution in [2.75, 3.05) is 5.75 Å². The second-order valence-corrected chi connectivity index (χ2v) is 5.84. The number of aliphatic carboxylic acids is 1. The van der Waals surface area contributed by atoms with Gasteiger partial charge in [-0.1, -0.05) is 20.8 Å². The summed E-state index contributed by atoms with van der Waals surface area (Å²) in [6.07, 6.45) is -0.780. The molecule has 1 saturated heterocycles. The van der Waals surface area contributed by atoms with E-state index in [1.165, 1.54) is 6.92 Å². The zero-order valence-corrected chi connectivity index (χ0v) is 10.6. The molecule has 1 rings (SSSR count). The lowest BCUT2D eigenvalue weighted by Crippen LogP contribution is -2.48. The maximum atomic E-state index is 11.3. The van der Waals surface area contributed by atoms with Crippen molar-refractivity contribution in [3.8, 4) is 0 Å². The highest BCUT2D eigenvalue weighted by Crippen LogP contribution is 2.49. The second kappa shape index (κ2) is 4.25. The second-order valence-electron chi connectivity index (χ2n) is 4.64. The van der Waals surface area contributed by atoms with E-state index in [4.69, 9.17) is 9.47 Å². The van der Waals surface area contributed by atoms with Crippen LogP contribution in [0.5, 0.6) is 0 Å². The van der Waals surface area contributed by atoms with Crippen molar-refractivity contribution in [1.29, 1.82) is 0 Å². The van der Waals surface area contributed by atoms with Crippen LogP contribution in [0.3, 0.4) is 0 Å². The number of ether oxygens (including phenoxy) is 2. The van der Waals surface area contributed by atoms with E-state index in [0.29, 0.717) is 5.75 Å². The van der Waals surface area contributed by atoms with E-state index in [1.807, 2.05) is 0 Å². The van der Waals surface area contributed by atoms with E-state index in [9.17, 15) is 14.7 Å². The van der Waals surface area contributed by atoms with E-state index >= 15 is 0 Å². The molecular weight excluding hydrogens is 232 g/mol. The molecule has 0 spiro atoms. The zero-order chi connectivity index (χ0) is 12.6. The van der Waals surface area contributed by atoms with Gasteiger partial charge in [0.05, 0.1) is 5.75 Å². The summed E-state index contributed by atoms with van der Waals surface area (Å²) >= 11 is 1.16. The minimum atomic E-state index is -1.35. The van der Waals surface area contributed by atoms with E-state index in [1.54, 1.807) is 20.8 Å². The molecule has 1 N–H and O–H groups in total. The smallest absolute Gasteiger partial charge is 0.347 e. The highest BCUT2D eigenvalue weighted by Gasteiger charge is 2.57. The van der Waals surface area contributed by atoms with Crippen LogP contribution in [-0.2, 0) is 19.1 Å². The normalized spacial score (nSPS) is 30.1. The third kappa shape index (κ3) is 2.32. The number of carbonyl (C=O) groups excluding carboxylic acids is 1. The molecular formula is C10H16O5S. The summed E-state index contributed by atoms with van der Waals surface area (Å²) in [5.74, 6) is -1.18. The Morgan fingerprint density at radius 2 is 2.06 bits per heavy atom. The Kier molecular flexibility index (Phi) is 3.54. The predicted molar refractivity (Wildman–Crippen MR) is 58.9 cm³/mol. The van der Waals surface area contributed by atoms with Crippen LogP contribution in [0.25, 0.3) is 0 Å². The maximum absolute atomic E-state index is 11.3. The van der Waals surface area contributed by atoms with Gasteiger partial charge in [0.2, 0.25) is 11.2 Å². The van der Waals surface area contributed by atoms with Gasteiger partial charge in [-0.05, 0) is 0 Å². The van der Waals surface area contributed by atoms with Crippen LogP contribution in [0, 0.1) is 5.41 Å². The average molecular weight is 248 g/mol. The van der Waals surface area contributed by atoms with Gasteiger partial charge in [0, 0.05) is 12.3 Å². The van der Waals surface area contributed by atoms with Gasteiger partial charge >= 0.3 is 11.9 Å². The molecule has 1 aliphatic rings. The molecule has 1 fully saturated rings. The monoisotopic (exact) mass is 248 g/mol. The minimum absolute atomic E-state index is 0.336. The number of esters is 1. The van der Waals surface area contributed by atoms with Gasteiger partial charge < -0.3 is 14.6 Å². The Balaban J connectivity index is 2.86. The molecule has 0 aromatic rings. The van der Waals surface area contributed by atoms with E-state index in [0.717, 1.165) is 11.8 Å². The van der Waals surface area contributed by atoms with Crippen molar-refractivity contribution in [1.82, 2.24) is 0 Å². The molecule has 5 nitrogen and oxygen atoms in total. The number of hydrogen-bond acceptors (Lipinski definition) is 5. The van der Waals surface area contributed by atoms with Crippen LogP contribution in [0.1, 0.15) is 27.7 Å². The van der Waals surface area contributed by atoms with Gasteiger partial charge in [-0.25, -0.2) is 4.79 Å². The van der Waals surface area contributed by atoms with Gasteiger partial charge in [-0.15, -0.1) is 11.8 Å². The van der Waals surface area contributed by atoms with Crippen molar-refractivity contribution in [2.45, 2.75) is 38.9 Å². The Hall–Kier alpha value is -0.750. The summed E-state index contributed by atoms with van der Waals surface area (Å²) in [4.78, 5) is 20.7. The molecule has 16 heavy (non-hydrogen) atoms. The molecule has 92 valence electrons. The largest absolute Gasteiger partial charge is 0.478 e. The summed E-state index contributed by atoms with van der Waals surface area (Å²) in [6, 6.07) is 0. The summed E-state index contributed by atoms with van der Waals surface area (Å²) in [5, 5.41) is 9.26. The minimum Gasteiger partial charge on any atom is -0.478 e. The average Bonchev–Trinajstić information content (AvgIpc) is 2.46. The molecule has 2 atom stereocenters. The fraction of sp³-hybridized carbons (Fsp3) is 0.800. The molecule has 1 aliphatic heterocycles. The van der Waals surface area contributed by atoms with Crippen molar-refractivity contribution in [3.63, 3.8) is 0 Å². The Labute approximate surface area is 98.5 Å². The standard InChI is InChI=1S/C10H16O5S/c1-6(11)14-7-5-16-10(15-7,8(12)13)9(2,3)4/h7H,5H2,1-4H3,(H,12,13). The first-order valence-electron chi connectivity index (χ1n) is 4.91. The van der Waals surface area contributed by atoms with E-state index in [-0.39, 0.29) is 0 Å². The van der Waals surface area contributed by atoms with Crippen molar-refractivity contribution >= 4 is 23.7 Å². The Morgan fingerprint density at radius 3 is 2.38 bits per heavy atom. The lowest BCUT2D eigenvalue weighted by atomic mass is 9.88. The molecule has 2 unspecified atom stereocenters. The number of thioether (sulfide) groups is 1. The zero-order valence-electron chi connectivity index (χ0n) is 9.77. The number of hydrogen-bond donors (Lipinski definition) is 1. The molecule has 0 radical (unpaired) electrons. The summed E-state index contributed by atoms with van der Waals surface area (Å²) in [6.45, 7) is 6.62. The topological polar surface area (TPSA) is 72.8 Å². The first kappa shape index (κ1) is 13.3. The van der Waals surface area contributed by atoms with Crippen LogP contribution in [0.4, 0.5) is 0 Å². The Morgan fingerprint density at radius 1 is 1.50 bits per heavy atom. The molecule has 0 saturated carbocycles. The van der Waals surface area contributed by atoms with Gasteiger partial charge in [0.25, 0.3) is 0 Å². The van der Waals surface area contributed by atoms with Crippen LogP contribution >= 0.6 is 11.8 Å². The highest BCUT2D eigenvalue weighted by molar-refractivity contribution is 8.01. The maximum Gasteiger partial charge on any atom is 0.347 e. The third-order valence-electron chi connectivity index (χ3n) is 2.29. The fourth-order valence-electron chi connectivity index (χ4n) is 1.51. The molecule has 1 heterocycles. The molecule has 0 aromatic carbocycles. The highest BCUT2D eigenvalue weighted by atomic mass is 32.2. The molecule has 0 aromatic heterocycles. The number of carbonyl (C=O) groups is 2. The quantitative estimate of drug-likeness (QED) is 0.746. The first-order chi connectivity index (χ1) is 7.19. The SMILES string of the molecule is CC(=O)OC1CSC(C(=O)O)(C(C)(C)C)O1. The van der Waals surface area contributed by atoms with Gasteiger partial charge in [-0.3, -0.25) is 4.79 Å². The number of carboxylic acid groups (broad SMARTS) is 1. The van der Waals surface area contributed by atoms with Crippen molar-refractivity contribution in [2.24, 2.45) is 5.41 Å². The molecule has 0 amide bonds. The van der Waals surface area contributed by atoms with Gasteiger partial charge in [-0.2, -0.15) is 0 Å². The fourth-order valence-corrected chi connectivity index (χ4v) is 2.75. The summed E-state index contributed by atoms with van der Waals surface area (Å²) in [7, 11) is 0. The summed E-state index contributed by atoms with van der Waals surface area (Å²) < 4.78 is 10.3. The van der Waals surface area contributed by atoms with Crippen LogP contribution in [0.15, 0.2) is 0 Å². The van der Waals surface area contributed by atoms with Gasteiger partial charge in [0.1, 0.15) is 0 Å². The third-order valence-corrected chi connectivity index (χ3v) is 4.02. The lowest BCUT2D eigenvalue weighted by molar-refractivity contribution is -0.204. The van der Waals surface area contributed by atoms with Crippen LogP contribution in [0.2, 0.25) is 0 Å². The molecule has 0 aliphatic carbocycles. The number of rotatable bonds is 2. The van der Waals surface area contributed by atoms with Crippen LogP contribution in [-0.4, -0.2) is 34.0 Å². The molecule has 6 heteroatoms. The summed E-state index contributed by atoms with van der Waals surface area (Å²) in [5.41, 5.74) is -0.585.